The third-order valence-corrected chi connectivity index (χ3v) is 6.49. The molecule has 1 aliphatic rings. The first-order valence-electron chi connectivity index (χ1n) is 10.8. The number of rotatable bonds is 7. The predicted octanol–water partition coefficient (Wildman–Crippen LogP) is 4.63. The zero-order chi connectivity index (χ0) is 22.7. The van der Waals surface area contributed by atoms with Gasteiger partial charge >= 0.3 is 5.97 Å². The highest BCUT2D eigenvalue weighted by molar-refractivity contribution is 7.99. The molecule has 3 aromatic heterocycles. The molecule has 1 amide bonds. The number of anilines is 2. The number of thioether (sulfide) groups is 1. The van der Waals surface area contributed by atoms with E-state index in [1.165, 1.54) is 19.6 Å². The van der Waals surface area contributed by atoms with Crippen molar-refractivity contribution in [2.45, 2.75) is 39.3 Å². The number of methoxy groups -OCH3 is 1. The Labute approximate surface area is 191 Å². The first kappa shape index (κ1) is 22.3. The van der Waals surface area contributed by atoms with Gasteiger partial charge in [0.2, 0.25) is 0 Å². The van der Waals surface area contributed by atoms with Gasteiger partial charge in [0.15, 0.2) is 5.69 Å². The number of aromatic nitrogens is 2. The van der Waals surface area contributed by atoms with Crippen LogP contribution in [0.3, 0.4) is 0 Å². The van der Waals surface area contributed by atoms with E-state index < -0.39 is 5.97 Å². The topological polar surface area (TPSA) is 98.4 Å². The van der Waals surface area contributed by atoms with Gasteiger partial charge in [-0.2, -0.15) is 11.8 Å². The van der Waals surface area contributed by atoms with E-state index >= 15 is 0 Å². The number of carbonyl (C=O) groups excluding carboxylic acids is 2. The fourth-order valence-corrected chi connectivity index (χ4v) is 5.05. The van der Waals surface area contributed by atoms with Crippen LogP contribution in [0.1, 0.15) is 47.5 Å². The van der Waals surface area contributed by atoms with Crippen LogP contribution in [0.25, 0.3) is 11.0 Å². The summed E-state index contributed by atoms with van der Waals surface area (Å²) in [6, 6.07) is 3.92. The van der Waals surface area contributed by atoms with E-state index in [4.69, 9.17) is 9.15 Å². The molecule has 3 aromatic rings. The SMILES string of the molecule is COC(=O)c1c(NC(=O)c2ccoc2)c2cc(NC3CCSCC3)cnc2n1CC(C)C. The Morgan fingerprint density at radius 1 is 1.34 bits per heavy atom. The molecular weight excluding hydrogens is 428 g/mol. The van der Waals surface area contributed by atoms with Crippen LogP contribution in [-0.2, 0) is 11.3 Å². The molecule has 1 saturated heterocycles. The van der Waals surface area contributed by atoms with Gasteiger partial charge in [-0.1, -0.05) is 13.8 Å². The first-order valence-corrected chi connectivity index (χ1v) is 11.9. The van der Waals surface area contributed by atoms with E-state index in [1.54, 1.807) is 12.3 Å². The van der Waals surface area contributed by atoms with Gasteiger partial charge in [0, 0.05) is 18.0 Å². The summed E-state index contributed by atoms with van der Waals surface area (Å²) in [4.78, 5) is 30.3. The molecule has 9 heteroatoms. The largest absolute Gasteiger partial charge is 0.472 e. The van der Waals surface area contributed by atoms with Crippen molar-refractivity contribution in [2.75, 3.05) is 29.2 Å². The van der Waals surface area contributed by atoms with Crippen LogP contribution in [-0.4, -0.2) is 46.1 Å². The second-order valence-electron chi connectivity index (χ2n) is 8.31. The number of nitrogens with zero attached hydrogens (tertiary/aromatic N) is 2. The fraction of sp³-hybridized carbons (Fsp3) is 0.435. The number of amides is 1. The van der Waals surface area contributed by atoms with E-state index in [2.05, 4.69) is 29.5 Å². The number of hydrogen-bond acceptors (Lipinski definition) is 7. The van der Waals surface area contributed by atoms with Gasteiger partial charge in [-0.05, 0) is 42.4 Å². The molecule has 1 fully saturated rings. The van der Waals surface area contributed by atoms with Crippen molar-refractivity contribution in [2.24, 2.45) is 5.92 Å². The van der Waals surface area contributed by atoms with Crippen LogP contribution in [0.2, 0.25) is 0 Å². The Morgan fingerprint density at radius 3 is 2.78 bits per heavy atom. The van der Waals surface area contributed by atoms with Crippen LogP contribution in [0.15, 0.2) is 35.3 Å². The summed E-state index contributed by atoms with van der Waals surface area (Å²) in [5.74, 6) is 1.64. The van der Waals surface area contributed by atoms with Crippen LogP contribution >= 0.6 is 11.8 Å². The Bertz CT molecular complexity index is 1100. The first-order chi connectivity index (χ1) is 15.5. The third kappa shape index (κ3) is 4.62. The van der Waals surface area contributed by atoms with Crippen molar-refractivity contribution < 1.29 is 18.7 Å². The summed E-state index contributed by atoms with van der Waals surface area (Å²) in [6.07, 6.45) is 6.78. The average Bonchev–Trinajstić information content (AvgIpc) is 3.41. The molecule has 1 aliphatic heterocycles. The monoisotopic (exact) mass is 456 g/mol. The number of fused-ring (bicyclic) bond motifs is 1. The normalized spacial score (nSPS) is 14.6. The van der Waals surface area contributed by atoms with Crippen molar-refractivity contribution in [1.82, 2.24) is 9.55 Å². The average molecular weight is 457 g/mol. The lowest BCUT2D eigenvalue weighted by Gasteiger charge is -2.23. The molecule has 0 atom stereocenters. The molecule has 32 heavy (non-hydrogen) atoms. The standard InChI is InChI=1S/C23H28N4O4S/c1-14(2)12-27-20(23(29)30-3)19(26-22(28)15-4-7-31-13-15)18-10-17(11-24-21(18)27)25-16-5-8-32-9-6-16/h4,7,10-11,13-14,16,25H,5-6,8-9,12H2,1-3H3,(H,26,28). The van der Waals surface area contributed by atoms with Gasteiger partial charge in [-0.3, -0.25) is 4.79 Å². The van der Waals surface area contributed by atoms with Crippen molar-refractivity contribution in [3.05, 3.63) is 42.1 Å². The maximum atomic E-state index is 12.8. The molecule has 0 bridgehead atoms. The Morgan fingerprint density at radius 2 is 2.12 bits per heavy atom. The van der Waals surface area contributed by atoms with E-state index in [0.717, 1.165) is 30.0 Å². The Hall–Kier alpha value is -2.94. The number of pyridine rings is 1. The highest BCUT2D eigenvalue weighted by Crippen LogP contribution is 2.34. The lowest BCUT2D eigenvalue weighted by Crippen LogP contribution is -2.24. The van der Waals surface area contributed by atoms with Gasteiger partial charge in [-0.15, -0.1) is 0 Å². The number of ether oxygens (including phenoxy) is 1. The summed E-state index contributed by atoms with van der Waals surface area (Å²) in [5, 5.41) is 7.16. The molecule has 0 spiro atoms. The number of nitrogens with one attached hydrogen (secondary N) is 2. The van der Waals surface area contributed by atoms with Crippen LogP contribution < -0.4 is 10.6 Å². The van der Waals surface area contributed by atoms with Gasteiger partial charge in [0.25, 0.3) is 5.91 Å². The van der Waals surface area contributed by atoms with Gasteiger partial charge < -0.3 is 24.4 Å². The van der Waals surface area contributed by atoms with Crippen molar-refractivity contribution >= 4 is 46.0 Å². The minimum absolute atomic E-state index is 0.255. The highest BCUT2D eigenvalue weighted by Gasteiger charge is 2.27. The molecular formula is C23H28N4O4S. The maximum Gasteiger partial charge on any atom is 0.356 e. The summed E-state index contributed by atoms with van der Waals surface area (Å²) in [7, 11) is 1.34. The van der Waals surface area contributed by atoms with Crippen molar-refractivity contribution in [3.63, 3.8) is 0 Å². The molecule has 0 aliphatic carbocycles. The molecule has 0 radical (unpaired) electrons. The van der Waals surface area contributed by atoms with Crippen molar-refractivity contribution in [1.29, 1.82) is 0 Å². The Kier molecular flexibility index (Phi) is 6.74. The molecule has 4 heterocycles. The quantitative estimate of drug-likeness (QED) is 0.500. The third-order valence-electron chi connectivity index (χ3n) is 5.44. The lowest BCUT2D eigenvalue weighted by atomic mass is 10.1. The highest BCUT2D eigenvalue weighted by atomic mass is 32.2. The lowest BCUT2D eigenvalue weighted by molar-refractivity contribution is 0.0589. The zero-order valence-corrected chi connectivity index (χ0v) is 19.3. The molecule has 0 aromatic carbocycles. The van der Waals surface area contributed by atoms with Gasteiger partial charge in [-0.25, -0.2) is 9.78 Å². The fourth-order valence-electron chi connectivity index (χ4n) is 3.94. The number of esters is 1. The Balaban J connectivity index is 1.81. The van der Waals surface area contributed by atoms with Gasteiger partial charge in [0.1, 0.15) is 11.9 Å². The number of hydrogen-bond donors (Lipinski definition) is 2. The smallest absolute Gasteiger partial charge is 0.356 e. The van der Waals surface area contributed by atoms with Crippen LogP contribution in [0.4, 0.5) is 11.4 Å². The van der Waals surface area contributed by atoms with E-state index in [-0.39, 0.29) is 17.5 Å². The summed E-state index contributed by atoms with van der Waals surface area (Å²) >= 11 is 1.97. The maximum absolute atomic E-state index is 12.8. The summed E-state index contributed by atoms with van der Waals surface area (Å²) in [5.41, 5.74) is 2.55. The van der Waals surface area contributed by atoms with E-state index in [9.17, 15) is 9.59 Å². The van der Waals surface area contributed by atoms with Crippen LogP contribution in [0, 0.1) is 5.92 Å². The zero-order valence-electron chi connectivity index (χ0n) is 18.5. The summed E-state index contributed by atoms with van der Waals surface area (Å²) < 4.78 is 11.9. The summed E-state index contributed by atoms with van der Waals surface area (Å²) in [6.45, 7) is 4.68. The van der Waals surface area contributed by atoms with Crippen LogP contribution in [0.5, 0.6) is 0 Å². The second kappa shape index (κ2) is 9.68. The molecule has 0 unspecified atom stereocenters. The van der Waals surface area contributed by atoms with Gasteiger partial charge in [0.05, 0.1) is 36.5 Å². The minimum atomic E-state index is -0.523. The molecule has 4 rings (SSSR count). The second-order valence-corrected chi connectivity index (χ2v) is 9.54. The number of carbonyl (C=O) groups is 2. The molecule has 170 valence electrons. The molecule has 2 N–H and O–H groups in total. The minimum Gasteiger partial charge on any atom is -0.472 e. The van der Waals surface area contributed by atoms with Crippen molar-refractivity contribution in [3.8, 4) is 0 Å². The number of furan rings is 1. The molecule has 0 saturated carbocycles. The predicted molar refractivity (Wildman–Crippen MR) is 127 cm³/mol. The van der Waals surface area contributed by atoms with E-state index in [0.29, 0.717) is 34.9 Å². The molecule has 8 nitrogen and oxygen atoms in total. The van der Waals surface area contributed by atoms with E-state index in [1.807, 2.05) is 22.4 Å².